The summed E-state index contributed by atoms with van der Waals surface area (Å²) < 4.78 is 3.82. The number of hydrogen-bond acceptors (Lipinski definition) is 2. The van der Waals surface area contributed by atoms with E-state index in [1.165, 1.54) is 0 Å². The van der Waals surface area contributed by atoms with Crippen LogP contribution in [0.15, 0.2) is 8.20 Å². The highest BCUT2D eigenvalue weighted by Gasteiger charge is 1.83. The Kier molecular flexibility index (Phi) is 6.24. The summed E-state index contributed by atoms with van der Waals surface area (Å²) in [6, 6.07) is 0. The van der Waals surface area contributed by atoms with E-state index < -0.39 is 0 Å². The predicted molar refractivity (Wildman–Crippen MR) is 50.8 cm³/mol. The second-order valence-electron chi connectivity index (χ2n) is 1.69. The predicted octanol–water partition coefficient (Wildman–Crippen LogP) is 2.28. The molecule has 0 spiro atoms. The summed E-state index contributed by atoms with van der Waals surface area (Å²) in [6.45, 7) is 4.92. The normalized spacial score (nSPS) is 13.0. The summed E-state index contributed by atoms with van der Waals surface area (Å²) in [5.74, 6) is 0. The summed E-state index contributed by atoms with van der Waals surface area (Å²) >= 11 is 1.96. The third-order valence-corrected chi connectivity index (χ3v) is 1.28. The molecule has 0 aliphatic carbocycles. The monoisotopic (exact) mass is 238 g/mol. The van der Waals surface area contributed by atoms with Crippen molar-refractivity contribution in [1.82, 2.24) is 0 Å². The maximum Gasteiger partial charge on any atom is 0.0827 e. The third kappa shape index (κ3) is 5.95. The molecule has 0 amide bonds. The molecule has 0 atom stereocenters. The average Bonchev–Trinajstić information content (AvgIpc) is 1.85. The van der Waals surface area contributed by atoms with Gasteiger partial charge in [-0.3, -0.25) is 4.99 Å². The lowest BCUT2D eigenvalue weighted by Crippen LogP contribution is -1.91. The minimum absolute atomic E-state index is 0.876. The van der Waals surface area contributed by atoms with E-state index in [4.69, 9.17) is 0 Å². The van der Waals surface area contributed by atoms with Crippen LogP contribution < -0.4 is 0 Å². The zero-order valence-corrected chi connectivity index (χ0v) is 7.92. The van der Waals surface area contributed by atoms with Gasteiger partial charge in [-0.25, -0.2) is 3.21 Å². The molecule has 0 bridgehead atoms. The van der Waals surface area contributed by atoms with Crippen LogP contribution in [0.2, 0.25) is 0 Å². The molecule has 0 heterocycles. The van der Waals surface area contributed by atoms with Gasteiger partial charge in [0.1, 0.15) is 0 Å². The van der Waals surface area contributed by atoms with Crippen molar-refractivity contribution in [1.29, 1.82) is 0 Å². The Morgan fingerprint density at radius 1 is 1.67 bits per heavy atom. The van der Waals surface area contributed by atoms with Crippen molar-refractivity contribution in [3.8, 4) is 0 Å². The standard InChI is InChI=1S/C6H11IN2/c1-3-8-6(2)4-5-9-7/h5H,3-4H2,1-2H3. The van der Waals surface area contributed by atoms with Crippen LogP contribution in [0.25, 0.3) is 0 Å². The Hall–Kier alpha value is 0.0700. The maximum absolute atomic E-state index is 4.18. The molecule has 0 aromatic heterocycles. The Labute approximate surface area is 70.0 Å². The molecule has 0 aromatic carbocycles. The van der Waals surface area contributed by atoms with E-state index in [9.17, 15) is 0 Å². The molecule has 52 valence electrons. The highest BCUT2D eigenvalue weighted by atomic mass is 127. The highest BCUT2D eigenvalue weighted by Crippen LogP contribution is 1.86. The number of halogens is 1. The van der Waals surface area contributed by atoms with Crippen LogP contribution in [0.5, 0.6) is 0 Å². The van der Waals surface area contributed by atoms with E-state index in [2.05, 4.69) is 8.20 Å². The maximum atomic E-state index is 4.18. The van der Waals surface area contributed by atoms with Gasteiger partial charge >= 0.3 is 0 Å². The molecule has 0 aliphatic rings. The molecule has 0 rings (SSSR count). The van der Waals surface area contributed by atoms with Gasteiger partial charge in [-0.15, -0.1) is 0 Å². The first-order valence-electron chi connectivity index (χ1n) is 2.94. The fourth-order valence-electron chi connectivity index (χ4n) is 0.501. The number of nitrogens with zero attached hydrogens (tertiary/aromatic N) is 2. The van der Waals surface area contributed by atoms with Gasteiger partial charge in [0.05, 0.1) is 22.9 Å². The van der Waals surface area contributed by atoms with Crippen molar-refractivity contribution >= 4 is 34.8 Å². The molecule has 2 nitrogen and oxygen atoms in total. The summed E-state index contributed by atoms with van der Waals surface area (Å²) in [7, 11) is 0. The quantitative estimate of drug-likeness (QED) is 0.532. The average molecular weight is 238 g/mol. The van der Waals surface area contributed by atoms with Crippen molar-refractivity contribution in [2.45, 2.75) is 20.3 Å². The molecular formula is C6H11IN2. The molecule has 0 unspecified atom stereocenters. The van der Waals surface area contributed by atoms with Gasteiger partial charge in [0.2, 0.25) is 0 Å². The molecule has 0 aromatic rings. The molecule has 0 fully saturated rings. The van der Waals surface area contributed by atoms with Gasteiger partial charge in [-0.05, 0) is 13.8 Å². The zero-order chi connectivity index (χ0) is 7.11. The molecule has 9 heavy (non-hydrogen) atoms. The van der Waals surface area contributed by atoms with Crippen molar-refractivity contribution in [2.24, 2.45) is 8.20 Å². The van der Waals surface area contributed by atoms with E-state index in [0.717, 1.165) is 18.7 Å². The molecule has 0 saturated carbocycles. The number of rotatable bonds is 3. The second kappa shape index (κ2) is 6.19. The van der Waals surface area contributed by atoms with Gasteiger partial charge in [0.25, 0.3) is 0 Å². The highest BCUT2D eigenvalue weighted by molar-refractivity contribution is 14.1. The largest absolute Gasteiger partial charge is 0.294 e. The van der Waals surface area contributed by atoms with Crippen LogP contribution >= 0.6 is 22.9 Å². The second-order valence-corrected chi connectivity index (χ2v) is 2.25. The summed E-state index contributed by atoms with van der Waals surface area (Å²) in [5, 5.41) is 0. The SMILES string of the molecule is CCN=C(C)CC=NI. The van der Waals surface area contributed by atoms with E-state index >= 15 is 0 Å². The summed E-state index contributed by atoms with van der Waals surface area (Å²) in [4.78, 5) is 4.18. The van der Waals surface area contributed by atoms with E-state index in [1.54, 1.807) is 0 Å². The zero-order valence-electron chi connectivity index (χ0n) is 5.76. The molecule has 0 aliphatic heterocycles. The summed E-state index contributed by atoms with van der Waals surface area (Å²) in [6.07, 6.45) is 2.74. The Morgan fingerprint density at radius 3 is 2.78 bits per heavy atom. The molecule has 3 heteroatoms. The van der Waals surface area contributed by atoms with Crippen molar-refractivity contribution in [2.75, 3.05) is 6.54 Å². The molecule has 0 N–H and O–H groups in total. The third-order valence-electron chi connectivity index (χ3n) is 0.884. The topological polar surface area (TPSA) is 24.7 Å². The van der Waals surface area contributed by atoms with E-state index in [-0.39, 0.29) is 0 Å². The fraction of sp³-hybridized carbons (Fsp3) is 0.667. The van der Waals surface area contributed by atoms with Crippen LogP contribution in [0.3, 0.4) is 0 Å². The fourth-order valence-corrected chi connectivity index (χ4v) is 0.698. The Morgan fingerprint density at radius 2 is 2.33 bits per heavy atom. The van der Waals surface area contributed by atoms with Crippen LogP contribution in [-0.2, 0) is 0 Å². The first-order chi connectivity index (χ1) is 4.31. The van der Waals surface area contributed by atoms with Crippen LogP contribution in [0.4, 0.5) is 0 Å². The minimum Gasteiger partial charge on any atom is -0.294 e. The van der Waals surface area contributed by atoms with Crippen molar-refractivity contribution in [3.63, 3.8) is 0 Å². The molecule has 0 radical (unpaired) electrons. The lowest BCUT2D eigenvalue weighted by molar-refractivity contribution is 1.12. The lowest BCUT2D eigenvalue weighted by atomic mass is 10.3. The Balaban J connectivity index is 3.49. The van der Waals surface area contributed by atoms with E-state index in [0.29, 0.717) is 0 Å². The van der Waals surface area contributed by atoms with Gasteiger partial charge in [0.15, 0.2) is 0 Å². The van der Waals surface area contributed by atoms with Gasteiger partial charge < -0.3 is 0 Å². The number of hydrogen-bond donors (Lipinski definition) is 0. The smallest absolute Gasteiger partial charge is 0.0827 e. The van der Waals surface area contributed by atoms with Crippen LogP contribution in [0, 0.1) is 0 Å². The first-order valence-corrected chi connectivity index (χ1v) is 3.90. The Bertz CT molecular complexity index is 118. The van der Waals surface area contributed by atoms with E-state index in [1.807, 2.05) is 42.9 Å². The van der Waals surface area contributed by atoms with Crippen LogP contribution in [-0.4, -0.2) is 18.5 Å². The van der Waals surface area contributed by atoms with Crippen molar-refractivity contribution < 1.29 is 0 Å². The van der Waals surface area contributed by atoms with Gasteiger partial charge in [-0.1, -0.05) is 0 Å². The molecular weight excluding hydrogens is 227 g/mol. The van der Waals surface area contributed by atoms with Gasteiger partial charge in [-0.2, -0.15) is 0 Å². The van der Waals surface area contributed by atoms with Crippen LogP contribution in [0.1, 0.15) is 20.3 Å². The lowest BCUT2D eigenvalue weighted by Gasteiger charge is -1.89. The minimum atomic E-state index is 0.876. The van der Waals surface area contributed by atoms with Gasteiger partial charge in [0, 0.05) is 24.9 Å². The number of aliphatic imine (C=N–C) groups is 1. The van der Waals surface area contributed by atoms with Crippen molar-refractivity contribution in [3.05, 3.63) is 0 Å². The molecule has 0 saturated heterocycles. The summed E-state index contributed by atoms with van der Waals surface area (Å²) in [5.41, 5.74) is 1.15. The first kappa shape index (κ1) is 9.07.